The second-order valence-corrected chi connectivity index (χ2v) is 10.9. The van der Waals surface area contributed by atoms with Gasteiger partial charge in [0.25, 0.3) is 5.60 Å². The highest BCUT2D eigenvalue weighted by atomic mass is 35.5. The highest BCUT2D eigenvalue weighted by Crippen LogP contribution is 2.35. The fourth-order valence-electron chi connectivity index (χ4n) is 1.88. The summed E-state index contributed by atoms with van der Waals surface area (Å²) in [6.07, 6.45) is 0. The molecule has 0 heterocycles. The molecule has 11 heteroatoms. The minimum atomic E-state index is -2.42. The van der Waals surface area contributed by atoms with Gasteiger partial charge in [-0.2, -0.15) is 0 Å². The molecule has 0 amide bonds. The normalized spacial score (nSPS) is 13.0. The Balaban J connectivity index is 0.00000178. The molecule has 0 spiro atoms. The van der Waals surface area contributed by atoms with Crippen molar-refractivity contribution in [2.75, 3.05) is 6.61 Å². The van der Waals surface area contributed by atoms with Crippen molar-refractivity contribution in [1.29, 1.82) is 0 Å². The van der Waals surface area contributed by atoms with Crippen molar-refractivity contribution in [3.63, 3.8) is 0 Å². The molecule has 1 unspecified atom stereocenters. The molecule has 0 aliphatic heterocycles. The van der Waals surface area contributed by atoms with Gasteiger partial charge in [0.1, 0.15) is 0 Å². The van der Waals surface area contributed by atoms with E-state index in [0.717, 1.165) is 0 Å². The van der Waals surface area contributed by atoms with E-state index in [1.54, 1.807) is 26.6 Å². The molecular weight excluding hydrogens is 393 g/mol. The highest BCUT2D eigenvalue weighted by molar-refractivity contribution is 6.70. The van der Waals surface area contributed by atoms with Crippen LogP contribution in [0.2, 0.25) is 29.7 Å². The Morgan fingerprint density at radius 1 is 1.24 bits per heavy atom. The summed E-state index contributed by atoms with van der Waals surface area (Å²) in [6.45, 7) is 6.96. The largest absolute Gasteiger partial charge is 0.478 e. The molecule has 0 aliphatic carbocycles. The van der Waals surface area contributed by atoms with Crippen molar-refractivity contribution in [1.82, 2.24) is 0 Å². The van der Waals surface area contributed by atoms with Crippen LogP contribution in [0.4, 0.5) is 0 Å². The van der Waals surface area contributed by atoms with Gasteiger partial charge in [-0.25, -0.2) is 9.59 Å². The number of carboxylic acid groups (broad SMARTS) is 1. The fraction of sp³-hybridized carbons (Fsp3) is 0.429. The van der Waals surface area contributed by atoms with Crippen LogP contribution in [0.15, 0.2) is 23.5 Å². The third-order valence-electron chi connectivity index (χ3n) is 2.65. The quantitative estimate of drug-likeness (QED) is 0.239. The van der Waals surface area contributed by atoms with Crippen LogP contribution in [0.5, 0.6) is 0 Å². The molecular formula is C14H19Cl2NO7Si. The number of hydrogen-bond acceptors (Lipinski definition) is 6. The molecule has 0 bridgehead atoms. The van der Waals surface area contributed by atoms with Crippen LogP contribution in [0.1, 0.15) is 12.5 Å². The maximum atomic E-state index is 12.4. The van der Waals surface area contributed by atoms with Crippen LogP contribution in [0.3, 0.4) is 0 Å². The van der Waals surface area contributed by atoms with Gasteiger partial charge < -0.3 is 19.5 Å². The van der Waals surface area contributed by atoms with Gasteiger partial charge in [0, 0.05) is 5.56 Å². The molecule has 0 radical (unpaired) electrons. The first-order chi connectivity index (χ1) is 11.5. The number of carboxylic acids is 1. The SMILES string of the molecule is CCOC(=O)C(O[Si](C)(C)C)(C(=O)O)c1ccc(Cl)c(Cl)c1.O=NO. The van der Waals surface area contributed by atoms with Gasteiger partial charge in [0.15, 0.2) is 13.7 Å². The van der Waals surface area contributed by atoms with Crippen molar-refractivity contribution in [2.24, 2.45) is 5.34 Å². The van der Waals surface area contributed by atoms with Crippen LogP contribution in [-0.2, 0) is 24.4 Å². The number of aliphatic carboxylic acids is 1. The topological polar surface area (TPSA) is 122 Å². The summed E-state index contributed by atoms with van der Waals surface area (Å²) in [5.41, 5.74) is -2.18. The molecule has 140 valence electrons. The van der Waals surface area contributed by atoms with Gasteiger partial charge in [-0.1, -0.05) is 29.3 Å². The van der Waals surface area contributed by atoms with Crippen LogP contribution in [0, 0.1) is 4.91 Å². The zero-order valence-electron chi connectivity index (χ0n) is 14.1. The maximum Gasteiger partial charge on any atom is 0.354 e. The summed E-state index contributed by atoms with van der Waals surface area (Å²) < 4.78 is 10.7. The zero-order valence-corrected chi connectivity index (χ0v) is 16.6. The Bertz CT molecular complexity index is 636. The number of benzene rings is 1. The maximum absolute atomic E-state index is 12.4. The number of carbonyl (C=O) groups is 2. The molecule has 0 fully saturated rings. The van der Waals surface area contributed by atoms with E-state index in [1.165, 1.54) is 23.5 Å². The van der Waals surface area contributed by atoms with E-state index in [1.807, 2.05) is 0 Å². The summed E-state index contributed by atoms with van der Waals surface area (Å²) >= 11 is 11.8. The second kappa shape index (κ2) is 9.71. The van der Waals surface area contributed by atoms with Gasteiger partial charge >= 0.3 is 11.9 Å². The van der Waals surface area contributed by atoms with Crippen LogP contribution < -0.4 is 0 Å². The van der Waals surface area contributed by atoms with Gasteiger partial charge in [-0.15, -0.1) is 4.91 Å². The predicted octanol–water partition coefficient (Wildman–Crippen LogP) is 3.83. The van der Waals surface area contributed by atoms with E-state index in [9.17, 15) is 14.7 Å². The lowest BCUT2D eigenvalue weighted by Crippen LogP contribution is -2.52. The highest BCUT2D eigenvalue weighted by Gasteiger charge is 2.53. The first kappa shape index (κ1) is 23.3. The van der Waals surface area contributed by atoms with Gasteiger partial charge in [0.05, 0.1) is 16.7 Å². The van der Waals surface area contributed by atoms with Crippen molar-refractivity contribution in [2.45, 2.75) is 32.2 Å². The molecule has 0 saturated heterocycles. The summed E-state index contributed by atoms with van der Waals surface area (Å²) in [4.78, 5) is 32.4. The minimum Gasteiger partial charge on any atom is -0.478 e. The second-order valence-electron chi connectivity index (χ2n) is 5.63. The summed E-state index contributed by atoms with van der Waals surface area (Å²) in [6, 6.07) is 4.14. The Kier molecular flexibility index (Phi) is 9.06. The third-order valence-corrected chi connectivity index (χ3v) is 4.31. The number of ether oxygens (including phenoxy) is 1. The Hall–Kier alpha value is -1.68. The van der Waals surface area contributed by atoms with E-state index < -0.39 is 25.9 Å². The van der Waals surface area contributed by atoms with Gasteiger partial charge in [-0.3, -0.25) is 0 Å². The Labute approximate surface area is 155 Å². The molecule has 8 nitrogen and oxygen atoms in total. The molecule has 2 N–H and O–H groups in total. The van der Waals surface area contributed by atoms with Crippen LogP contribution >= 0.6 is 23.2 Å². The summed E-state index contributed by atoms with van der Waals surface area (Å²) in [5.74, 6) is -2.44. The van der Waals surface area contributed by atoms with Crippen molar-refractivity contribution in [3.8, 4) is 0 Å². The minimum absolute atomic E-state index is 0.0320. The molecule has 1 atom stereocenters. The third kappa shape index (κ3) is 6.27. The lowest BCUT2D eigenvalue weighted by molar-refractivity contribution is -0.178. The first-order valence-corrected chi connectivity index (χ1v) is 11.2. The Morgan fingerprint density at radius 2 is 1.76 bits per heavy atom. The van der Waals surface area contributed by atoms with Crippen LogP contribution in [-0.4, -0.2) is 37.2 Å². The van der Waals surface area contributed by atoms with Crippen molar-refractivity contribution in [3.05, 3.63) is 38.7 Å². The van der Waals surface area contributed by atoms with Crippen molar-refractivity contribution >= 4 is 43.5 Å². The van der Waals surface area contributed by atoms with Gasteiger partial charge in [0.2, 0.25) is 0 Å². The number of nitrogens with zero attached hydrogens (tertiary/aromatic N) is 1. The molecule has 0 saturated carbocycles. The van der Waals surface area contributed by atoms with Crippen molar-refractivity contribution < 1.29 is 29.1 Å². The summed E-state index contributed by atoms with van der Waals surface area (Å²) in [7, 11) is -2.42. The first-order valence-electron chi connectivity index (χ1n) is 6.99. The number of rotatable bonds is 6. The molecule has 0 aliphatic rings. The van der Waals surface area contributed by atoms with E-state index in [2.05, 4.69) is 0 Å². The number of carbonyl (C=O) groups excluding carboxylic acids is 1. The molecule has 1 aromatic rings. The van der Waals surface area contributed by atoms with E-state index >= 15 is 0 Å². The van der Waals surface area contributed by atoms with E-state index in [-0.39, 0.29) is 22.2 Å². The summed E-state index contributed by atoms with van der Waals surface area (Å²) in [5, 5.41) is 18.0. The number of hydrogen-bond donors (Lipinski definition) is 2. The van der Waals surface area contributed by atoms with Crippen LogP contribution in [0.25, 0.3) is 0 Å². The number of esters is 1. The molecule has 1 rings (SSSR count). The monoisotopic (exact) mass is 411 g/mol. The zero-order chi connectivity index (χ0) is 19.8. The average molecular weight is 412 g/mol. The molecule has 0 aromatic heterocycles. The standard InChI is InChI=1S/C14H18Cl2O5Si.HNO2/c1-5-20-13(19)14(12(17)18,21-22(2,3)4)9-6-7-10(15)11(16)8-9;2-1-3/h6-8H,5H2,1-4H3,(H,17,18);(H,2,3). The lowest BCUT2D eigenvalue weighted by Gasteiger charge is -2.34. The van der Waals surface area contributed by atoms with Gasteiger partial charge in [-0.05, 0) is 38.7 Å². The van der Waals surface area contributed by atoms with E-state index in [0.29, 0.717) is 0 Å². The number of halogens is 2. The fourth-order valence-corrected chi connectivity index (χ4v) is 3.39. The Morgan fingerprint density at radius 3 is 2.12 bits per heavy atom. The smallest absolute Gasteiger partial charge is 0.354 e. The molecule has 25 heavy (non-hydrogen) atoms. The lowest BCUT2D eigenvalue weighted by atomic mass is 9.94. The molecule has 1 aromatic carbocycles. The van der Waals surface area contributed by atoms with E-state index in [4.69, 9.17) is 42.5 Å². The predicted molar refractivity (Wildman–Crippen MR) is 94.4 cm³/mol. The average Bonchev–Trinajstić information content (AvgIpc) is 2.47.